The summed E-state index contributed by atoms with van der Waals surface area (Å²) in [6.07, 6.45) is 0. The van der Waals surface area contributed by atoms with Gasteiger partial charge in [-0.15, -0.1) is 11.6 Å². The molecule has 0 N–H and O–H groups in total. The Labute approximate surface area is 104 Å². The van der Waals surface area contributed by atoms with Gasteiger partial charge >= 0.3 is 8.56 Å². The second kappa shape index (κ2) is 7.07. The maximum absolute atomic E-state index is 6.04. The quantitative estimate of drug-likeness (QED) is 0.553. The van der Waals surface area contributed by atoms with Crippen molar-refractivity contribution in [2.24, 2.45) is 0 Å². The Balaban J connectivity index is 2.76. The molecule has 0 amide bonds. The number of hydrogen-bond donors (Lipinski definition) is 0. The summed E-state index contributed by atoms with van der Waals surface area (Å²) in [6.45, 7) is 5.29. The van der Waals surface area contributed by atoms with Crippen molar-refractivity contribution in [3.63, 3.8) is 0 Å². The fourth-order valence-corrected chi connectivity index (χ4v) is 4.89. The van der Waals surface area contributed by atoms with Gasteiger partial charge < -0.3 is 8.85 Å². The third-order valence-corrected chi connectivity index (χ3v) is 6.54. The van der Waals surface area contributed by atoms with Crippen LogP contribution >= 0.6 is 11.6 Å². The topological polar surface area (TPSA) is 18.5 Å². The van der Waals surface area contributed by atoms with Gasteiger partial charge in [0, 0.05) is 19.3 Å². The molecule has 1 aromatic carbocycles. The van der Waals surface area contributed by atoms with Crippen LogP contribution in [0.2, 0.25) is 0 Å². The van der Waals surface area contributed by atoms with Gasteiger partial charge in [0.15, 0.2) is 0 Å². The molecule has 0 saturated heterocycles. The first kappa shape index (κ1) is 13.7. The lowest BCUT2D eigenvalue weighted by molar-refractivity contribution is 0.187. The molecule has 0 saturated carbocycles. The minimum absolute atomic E-state index is 0.476. The van der Waals surface area contributed by atoms with Gasteiger partial charge in [-0.05, 0) is 19.4 Å². The first-order valence-corrected chi connectivity index (χ1v) is 8.40. The Morgan fingerprint density at radius 2 is 1.62 bits per heavy atom. The van der Waals surface area contributed by atoms with Crippen LogP contribution in [0.1, 0.15) is 19.4 Å². The summed E-state index contributed by atoms with van der Waals surface area (Å²) in [6, 6.07) is 11.1. The zero-order valence-corrected chi connectivity index (χ0v) is 11.7. The number of alkyl halides is 1. The smallest absolute Gasteiger partial charge is 0.357 e. The highest BCUT2D eigenvalue weighted by atomic mass is 35.5. The average Bonchev–Trinajstić information content (AvgIpc) is 2.31. The highest BCUT2D eigenvalue weighted by Gasteiger charge is 2.36. The van der Waals surface area contributed by atoms with E-state index < -0.39 is 8.56 Å². The minimum Gasteiger partial charge on any atom is -0.394 e. The van der Waals surface area contributed by atoms with Crippen LogP contribution < -0.4 is 0 Å². The van der Waals surface area contributed by atoms with Crippen LogP contribution in [0.4, 0.5) is 0 Å². The van der Waals surface area contributed by atoms with Crippen LogP contribution in [0, 0.1) is 0 Å². The van der Waals surface area contributed by atoms with Crippen molar-refractivity contribution in [2.75, 3.05) is 18.7 Å². The van der Waals surface area contributed by atoms with E-state index in [0.29, 0.717) is 18.7 Å². The summed E-state index contributed by atoms with van der Waals surface area (Å²) in [5.74, 6) is 0. The van der Waals surface area contributed by atoms with Gasteiger partial charge in [0.1, 0.15) is 0 Å². The van der Waals surface area contributed by atoms with Crippen LogP contribution in [-0.2, 0) is 14.9 Å². The summed E-state index contributed by atoms with van der Waals surface area (Å²) in [4.78, 5) is 0. The van der Waals surface area contributed by atoms with Crippen molar-refractivity contribution < 1.29 is 8.85 Å². The first-order valence-electron chi connectivity index (χ1n) is 5.64. The number of hydrogen-bond acceptors (Lipinski definition) is 2. The highest BCUT2D eigenvalue weighted by Crippen LogP contribution is 2.17. The molecule has 2 nitrogen and oxygen atoms in total. The second-order valence-electron chi connectivity index (χ2n) is 3.57. The molecule has 0 unspecified atom stereocenters. The van der Waals surface area contributed by atoms with Crippen molar-refractivity contribution in [2.45, 2.75) is 19.9 Å². The van der Waals surface area contributed by atoms with E-state index in [0.717, 1.165) is 6.04 Å². The molecule has 90 valence electrons. The molecule has 0 aliphatic carbocycles. The van der Waals surface area contributed by atoms with E-state index in [1.165, 1.54) is 5.56 Å². The molecule has 0 fully saturated rings. The normalized spacial score (nSPS) is 11.7. The fourth-order valence-electron chi connectivity index (χ4n) is 1.70. The standard InChI is InChI=1S/C12H19ClO2Si/c1-3-14-16(11-13,15-4-2)10-12-8-6-5-7-9-12/h5-9H,3-4,10-11H2,1-2H3. The van der Waals surface area contributed by atoms with Crippen molar-refractivity contribution in [3.05, 3.63) is 35.9 Å². The summed E-state index contributed by atoms with van der Waals surface area (Å²) in [7, 11) is -2.24. The third kappa shape index (κ3) is 3.90. The molecular formula is C12H19ClO2Si. The Kier molecular flexibility index (Phi) is 6.06. The van der Waals surface area contributed by atoms with E-state index in [1.807, 2.05) is 32.0 Å². The van der Waals surface area contributed by atoms with Gasteiger partial charge in [0.2, 0.25) is 0 Å². The summed E-state index contributed by atoms with van der Waals surface area (Å²) in [5, 5.41) is 0. The molecule has 4 heteroatoms. The molecule has 0 aromatic heterocycles. The molecule has 0 radical (unpaired) electrons. The van der Waals surface area contributed by atoms with Gasteiger partial charge in [-0.1, -0.05) is 30.3 Å². The molecule has 1 rings (SSSR count). The first-order chi connectivity index (χ1) is 7.76. The third-order valence-electron chi connectivity index (χ3n) is 2.33. The van der Waals surface area contributed by atoms with Gasteiger partial charge in [-0.25, -0.2) is 0 Å². The largest absolute Gasteiger partial charge is 0.394 e. The predicted molar refractivity (Wildman–Crippen MR) is 69.9 cm³/mol. The molecule has 0 bridgehead atoms. The monoisotopic (exact) mass is 258 g/mol. The van der Waals surface area contributed by atoms with Crippen molar-refractivity contribution in [1.29, 1.82) is 0 Å². The molecule has 1 aromatic rings. The average molecular weight is 259 g/mol. The van der Waals surface area contributed by atoms with E-state index in [1.54, 1.807) is 0 Å². The number of rotatable bonds is 7. The SMILES string of the molecule is CCO[Si](CCl)(Cc1ccccc1)OCC. The molecule has 16 heavy (non-hydrogen) atoms. The number of halogens is 1. The van der Waals surface area contributed by atoms with Gasteiger partial charge in [0.05, 0.1) is 5.50 Å². The molecular weight excluding hydrogens is 240 g/mol. The summed E-state index contributed by atoms with van der Waals surface area (Å²) < 4.78 is 11.6. The minimum atomic E-state index is -2.24. The molecule has 0 atom stereocenters. The Bertz CT molecular complexity index is 286. The lowest BCUT2D eigenvalue weighted by atomic mass is 10.2. The molecule has 0 heterocycles. The van der Waals surface area contributed by atoms with Crippen molar-refractivity contribution in [3.8, 4) is 0 Å². The molecule has 0 aliphatic rings. The van der Waals surface area contributed by atoms with Crippen LogP contribution in [0.3, 0.4) is 0 Å². The zero-order valence-electron chi connectivity index (χ0n) is 9.91. The maximum Gasteiger partial charge on any atom is 0.357 e. The van der Waals surface area contributed by atoms with E-state index in [4.69, 9.17) is 20.5 Å². The van der Waals surface area contributed by atoms with Crippen LogP contribution in [0.5, 0.6) is 0 Å². The van der Waals surface area contributed by atoms with Crippen molar-refractivity contribution in [1.82, 2.24) is 0 Å². The van der Waals surface area contributed by atoms with Crippen LogP contribution in [0.25, 0.3) is 0 Å². The predicted octanol–water partition coefficient (Wildman–Crippen LogP) is 3.06. The highest BCUT2D eigenvalue weighted by molar-refractivity contribution is 6.74. The van der Waals surface area contributed by atoms with E-state index in [9.17, 15) is 0 Å². The Morgan fingerprint density at radius 1 is 1.06 bits per heavy atom. The van der Waals surface area contributed by atoms with E-state index in [-0.39, 0.29) is 0 Å². The Hall–Kier alpha value is -0.353. The Morgan fingerprint density at radius 3 is 2.06 bits per heavy atom. The van der Waals surface area contributed by atoms with Crippen molar-refractivity contribution >= 4 is 20.2 Å². The molecule has 0 aliphatic heterocycles. The van der Waals surface area contributed by atoms with Gasteiger partial charge in [-0.2, -0.15) is 0 Å². The van der Waals surface area contributed by atoms with Gasteiger partial charge in [-0.3, -0.25) is 0 Å². The number of benzene rings is 1. The van der Waals surface area contributed by atoms with Crippen LogP contribution in [-0.4, -0.2) is 27.3 Å². The summed E-state index contributed by atoms with van der Waals surface area (Å²) >= 11 is 6.04. The summed E-state index contributed by atoms with van der Waals surface area (Å²) in [5.41, 5.74) is 1.71. The fraction of sp³-hybridized carbons (Fsp3) is 0.500. The second-order valence-corrected chi connectivity index (χ2v) is 7.39. The molecule has 0 spiro atoms. The maximum atomic E-state index is 6.04. The lowest BCUT2D eigenvalue weighted by Gasteiger charge is -2.28. The van der Waals surface area contributed by atoms with Crippen LogP contribution in [0.15, 0.2) is 30.3 Å². The zero-order chi connectivity index (χ0) is 11.9. The lowest BCUT2D eigenvalue weighted by Crippen LogP contribution is -2.47. The van der Waals surface area contributed by atoms with Gasteiger partial charge in [0.25, 0.3) is 0 Å². The van der Waals surface area contributed by atoms with E-state index in [2.05, 4.69) is 12.1 Å². The van der Waals surface area contributed by atoms with E-state index >= 15 is 0 Å².